The lowest BCUT2D eigenvalue weighted by molar-refractivity contribution is -0.137. The first-order chi connectivity index (χ1) is 13.7. The fourth-order valence-corrected chi connectivity index (χ4v) is 4.32. The molecule has 144 valence electrons. The van der Waals surface area contributed by atoms with Gasteiger partial charge >= 0.3 is 0 Å². The number of amides is 2. The molecule has 0 aromatic heterocycles. The van der Waals surface area contributed by atoms with Crippen LogP contribution < -0.4 is 0 Å². The van der Waals surface area contributed by atoms with Gasteiger partial charge in [-0.3, -0.25) is 14.5 Å². The van der Waals surface area contributed by atoms with E-state index in [1.165, 1.54) is 10.5 Å². The van der Waals surface area contributed by atoms with Crippen LogP contribution in [0.4, 0.5) is 0 Å². The lowest BCUT2D eigenvalue weighted by Crippen LogP contribution is -2.39. The van der Waals surface area contributed by atoms with Crippen LogP contribution in [-0.4, -0.2) is 41.2 Å². The van der Waals surface area contributed by atoms with Gasteiger partial charge in [-0.05, 0) is 43.2 Å². The molecule has 0 radical (unpaired) electrons. The smallest absolute Gasteiger partial charge is 0.277 e. The highest BCUT2D eigenvalue weighted by atomic mass is 16.2. The maximum atomic E-state index is 13.0. The average Bonchev–Trinajstić information content (AvgIpc) is 2.99. The Labute approximate surface area is 166 Å². The number of carbonyl (C=O) groups excluding carboxylic acids is 2. The second-order valence-corrected chi connectivity index (χ2v) is 7.56. The summed E-state index contributed by atoms with van der Waals surface area (Å²) in [7, 11) is 0. The minimum absolute atomic E-state index is 0.145. The summed E-state index contributed by atoms with van der Waals surface area (Å²) in [6.07, 6.45) is 3.15. The second-order valence-electron chi connectivity index (χ2n) is 7.56. The molecule has 0 aliphatic carbocycles. The highest BCUT2D eigenvalue weighted by Gasteiger charge is 2.41. The summed E-state index contributed by atoms with van der Waals surface area (Å²) in [6.45, 7) is 3.90. The molecule has 2 aliphatic rings. The topological polar surface area (TPSA) is 40.6 Å². The van der Waals surface area contributed by atoms with Gasteiger partial charge in [0, 0.05) is 19.6 Å². The first-order valence-electron chi connectivity index (χ1n) is 10.1. The number of benzene rings is 2. The molecule has 2 aromatic carbocycles. The Kier molecular flexibility index (Phi) is 5.29. The SMILES string of the molecule is CCN1C(=O)C(c2ccccc2)=C(N2CCC(Cc3ccccc3)CC2)C1=O. The minimum Gasteiger partial charge on any atom is -0.366 e. The molecule has 1 fully saturated rings. The van der Waals surface area contributed by atoms with E-state index in [1.54, 1.807) is 0 Å². The fraction of sp³-hybridized carbons (Fsp3) is 0.333. The van der Waals surface area contributed by atoms with Crippen LogP contribution in [0.3, 0.4) is 0 Å². The Hall–Kier alpha value is -2.88. The van der Waals surface area contributed by atoms with Crippen molar-refractivity contribution in [2.45, 2.75) is 26.2 Å². The first kappa shape index (κ1) is 18.5. The van der Waals surface area contributed by atoms with E-state index in [0.29, 0.717) is 23.7 Å². The third-order valence-corrected chi connectivity index (χ3v) is 5.82. The Morgan fingerprint density at radius 3 is 2.07 bits per heavy atom. The van der Waals surface area contributed by atoms with E-state index in [4.69, 9.17) is 0 Å². The molecule has 0 N–H and O–H groups in total. The van der Waals surface area contributed by atoms with Crippen molar-refractivity contribution in [2.24, 2.45) is 5.92 Å². The summed E-state index contributed by atoms with van der Waals surface area (Å²) >= 11 is 0. The van der Waals surface area contributed by atoms with Crippen LogP contribution >= 0.6 is 0 Å². The van der Waals surface area contributed by atoms with Gasteiger partial charge in [-0.2, -0.15) is 0 Å². The zero-order valence-electron chi connectivity index (χ0n) is 16.3. The molecule has 4 nitrogen and oxygen atoms in total. The number of hydrogen-bond acceptors (Lipinski definition) is 3. The van der Waals surface area contributed by atoms with Gasteiger partial charge in [0.2, 0.25) is 0 Å². The summed E-state index contributed by atoms with van der Waals surface area (Å²) in [6, 6.07) is 20.2. The highest BCUT2D eigenvalue weighted by Crippen LogP contribution is 2.34. The molecule has 28 heavy (non-hydrogen) atoms. The van der Waals surface area contributed by atoms with Crippen LogP contribution in [-0.2, 0) is 16.0 Å². The van der Waals surface area contributed by atoms with Gasteiger partial charge in [0.1, 0.15) is 5.70 Å². The van der Waals surface area contributed by atoms with E-state index in [1.807, 2.05) is 43.3 Å². The van der Waals surface area contributed by atoms with Crippen LogP contribution in [0, 0.1) is 5.92 Å². The molecule has 2 heterocycles. The largest absolute Gasteiger partial charge is 0.366 e. The van der Waals surface area contributed by atoms with Crippen LogP contribution in [0.5, 0.6) is 0 Å². The maximum absolute atomic E-state index is 13.0. The number of imide groups is 1. The summed E-state index contributed by atoms with van der Waals surface area (Å²) < 4.78 is 0. The normalized spacial score (nSPS) is 18.3. The maximum Gasteiger partial charge on any atom is 0.277 e. The van der Waals surface area contributed by atoms with Gasteiger partial charge in [0.15, 0.2) is 0 Å². The highest BCUT2D eigenvalue weighted by molar-refractivity contribution is 6.35. The fourth-order valence-electron chi connectivity index (χ4n) is 4.32. The van der Waals surface area contributed by atoms with Crippen molar-refractivity contribution < 1.29 is 9.59 Å². The molecule has 1 saturated heterocycles. The van der Waals surface area contributed by atoms with E-state index in [2.05, 4.69) is 29.2 Å². The van der Waals surface area contributed by atoms with Crippen molar-refractivity contribution in [1.29, 1.82) is 0 Å². The molecule has 0 saturated carbocycles. The van der Waals surface area contributed by atoms with E-state index in [-0.39, 0.29) is 11.8 Å². The van der Waals surface area contributed by atoms with Gasteiger partial charge in [0.25, 0.3) is 11.8 Å². The van der Waals surface area contributed by atoms with E-state index >= 15 is 0 Å². The Bertz CT molecular complexity index is 881. The Morgan fingerprint density at radius 2 is 1.46 bits per heavy atom. The molecule has 2 amide bonds. The number of likely N-dealkylation sites (N-methyl/N-ethyl adjacent to an activating group) is 1. The van der Waals surface area contributed by atoms with Crippen LogP contribution in [0.25, 0.3) is 5.57 Å². The van der Waals surface area contributed by atoms with Gasteiger partial charge in [0.05, 0.1) is 5.57 Å². The molecular weight excluding hydrogens is 348 g/mol. The van der Waals surface area contributed by atoms with Gasteiger partial charge < -0.3 is 4.90 Å². The second kappa shape index (κ2) is 8.01. The number of likely N-dealkylation sites (tertiary alicyclic amines) is 1. The zero-order valence-corrected chi connectivity index (χ0v) is 16.3. The van der Waals surface area contributed by atoms with Gasteiger partial charge in [-0.15, -0.1) is 0 Å². The number of carbonyl (C=O) groups is 2. The van der Waals surface area contributed by atoms with Crippen LogP contribution in [0.15, 0.2) is 66.4 Å². The molecule has 0 atom stereocenters. The number of piperidine rings is 1. The molecular formula is C24H26N2O2. The molecule has 4 heteroatoms. The molecule has 2 aliphatic heterocycles. The Morgan fingerprint density at radius 1 is 0.857 bits per heavy atom. The van der Waals surface area contributed by atoms with Crippen molar-refractivity contribution in [3.05, 3.63) is 77.5 Å². The average molecular weight is 374 g/mol. The first-order valence-corrected chi connectivity index (χ1v) is 10.1. The van der Waals surface area contributed by atoms with Crippen LogP contribution in [0.2, 0.25) is 0 Å². The lowest BCUT2D eigenvalue weighted by atomic mass is 9.89. The molecule has 0 bridgehead atoms. The zero-order chi connectivity index (χ0) is 19.5. The van der Waals surface area contributed by atoms with Gasteiger partial charge in [-0.25, -0.2) is 0 Å². The van der Waals surface area contributed by atoms with Crippen LogP contribution in [0.1, 0.15) is 30.9 Å². The lowest BCUT2D eigenvalue weighted by Gasteiger charge is -2.34. The van der Waals surface area contributed by atoms with Crippen molar-refractivity contribution in [2.75, 3.05) is 19.6 Å². The molecule has 0 spiro atoms. The number of hydrogen-bond donors (Lipinski definition) is 0. The van der Waals surface area contributed by atoms with E-state index in [0.717, 1.165) is 37.9 Å². The Balaban J connectivity index is 1.55. The predicted octanol–water partition coefficient (Wildman–Crippen LogP) is 3.74. The summed E-state index contributed by atoms with van der Waals surface area (Å²) in [5.41, 5.74) is 3.36. The number of rotatable bonds is 5. The minimum atomic E-state index is -0.167. The monoisotopic (exact) mass is 374 g/mol. The van der Waals surface area contributed by atoms with Crippen molar-refractivity contribution >= 4 is 17.4 Å². The van der Waals surface area contributed by atoms with E-state index < -0.39 is 0 Å². The summed E-state index contributed by atoms with van der Waals surface area (Å²) in [5, 5.41) is 0. The van der Waals surface area contributed by atoms with Gasteiger partial charge in [-0.1, -0.05) is 60.7 Å². The number of nitrogens with zero attached hydrogens (tertiary/aromatic N) is 2. The van der Waals surface area contributed by atoms with Crippen molar-refractivity contribution in [3.8, 4) is 0 Å². The van der Waals surface area contributed by atoms with Crippen molar-refractivity contribution in [3.63, 3.8) is 0 Å². The molecule has 0 unspecified atom stereocenters. The van der Waals surface area contributed by atoms with Crippen molar-refractivity contribution in [1.82, 2.24) is 9.80 Å². The molecule has 4 rings (SSSR count). The quantitative estimate of drug-likeness (QED) is 0.749. The predicted molar refractivity (Wildman–Crippen MR) is 110 cm³/mol. The third-order valence-electron chi connectivity index (χ3n) is 5.82. The van der Waals surface area contributed by atoms with E-state index in [9.17, 15) is 9.59 Å². The molecule has 2 aromatic rings. The summed E-state index contributed by atoms with van der Waals surface area (Å²) in [5.74, 6) is 0.307. The third kappa shape index (κ3) is 3.47. The standard InChI is InChI=1S/C24H26N2O2/c1-2-26-23(27)21(20-11-7-4-8-12-20)22(24(26)28)25-15-13-19(14-16-25)17-18-9-5-3-6-10-18/h3-12,19H,2,13-17H2,1H3. The summed E-state index contributed by atoms with van der Waals surface area (Å²) in [4.78, 5) is 29.4.